The first-order valence-corrected chi connectivity index (χ1v) is 9.13. The van der Waals surface area contributed by atoms with Crippen molar-refractivity contribution in [3.8, 4) is 11.3 Å². The number of halogens is 4. The van der Waals surface area contributed by atoms with Crippen molar-refractivity contribution in [1.29, 1.82) is 0 Å². The van der Waals surface area contributed by atoms with Crippen LogP contribution in [0.2, 0.25) is 5.02 Å². The lowest BCUT2D eigenvalue weighted by atomic mass is 10.1. The van der Waals surface area contributed by atoms with Gasteiger partial charge in [0.15, 0.2) is 0 Å². The van der Waals surface area contributed by atoms with E-state index in [1.807, 2.05) is 13.8 Å². The molecule has 0 bridgehead atoms. The molecule has 3 rings (SSSR count). The molecule has 0 radical (unpaired) electrons. The highest BCUT2D eigenvalue weighted by Crippen LogP contribution is 2.30. The van der Waals surface area contributed by atoms with E-state index in [-0.39, 0.29) is 17.6 Å². The Kier molecular flexibility index (Phi) is 5.88. The average molecular weight is 420 g/mol. The molecule has 0 saturated carbocycles. The Balaban J connectivity index is 1.93. The summed E-state index contributed by atoms with van der Waals surface area (Å²) in [6.07, 6.45) is -1.68. The predicted octanol–water partition coefficient (Wildman–Crippen LogP) is 5.87. The summed E-state index contributed by atoms with van der Waals surface area (Å²) in [5.41, 5.74) is 0.726. The van der Waals surface area contributed by atoms with E-state index in [1.165, 1.54) is 24.5 Å². The number of benzene rings is 2. The zero-order valence-electron chi connectivity index (χ0n) is 15.6. The molecule has 0 atom stereocenters. The second-order valence-electron chi connectivity index (χ2n) is 6.61. The van der Waals surface area contributed by atoms with E-state index in [1.54, 1.807) is 29.2 Å². The number of carbonyl (C=O) groups is 1. The maximum atomic E-state index is 13.1. The lowest BCUT2D eigenvalue weighted by Gasteiger charge is -2.26. The highest BCUT2D eigenvalue weighted by Gasteiger charge is 2.30. The van der Waals surface area contributed by atoms with Gasteiger partial charge in [0.2, 0.25) is 0 Å². The molecule has 0 aliphatic carbocycles. The van der Waals surface area contributed by atoms with Crippen LogP contribution < -0.4 is 4.90 Å². The smallest absolute Gasteiger partial charge is 0.304 e. The number of carbonyl (C=O) groups excluding carboxylic acids is 1. The van der Waals surface area contributed by atoms with Gasteiger partial charge < -0.3 is 4.90 Å². The van der Waals surface area contributed by atoms with E-state index in [0.29, 0.717) is 22.0 Å². The summed E-state index contributed by atoms with van der Waals surface area (Å²) in [7, 11) is 0. The lowest BCUT2D eigenvalue weighted by molar-refractivity contribution is -0.137. The van der Waals surface area contributed by atoms with Gasteiger partial charge in [-0.1, -0.05) is 23.7 Å². The normalized spacial score (nSPS) is 11.6. The summed E-state index contributed by atoms with van der Waals surface area (Å²) in [6.45, 7) is 3.72. The SMILES string of the molecule is CC(C)N(C(=O)c1cncc(-c2ccc(C(F)(F)F)cc2)n1)c1ccc(Cl)cc1. The number of nitrogens with zero attached hydrogens (tertiary/aromatic N) is 3. The molecule has 1 heterocycles. The van der Waals surface area contributed by atoms with Crippen LogP contribution in [0.4, 0.5) is 18.9 Å². The summed E-state index contributed by atoms with van der Waals surface area (Å²) in [5, 5.41) is 0.550. The minimum Gasteiger partial charge on any atom is -0.304 e. The monoisotopic (exact) mass is 419 g/mol. The minimum absolute atomic E-state index is 0.0889. The van der Waals surface area contributed by atoms with Gasteiger partial charge >= 0.3 is 6.18 Å². The lowest BCUT2D eigenvalue weighted by Crippen LogP contribution is -2.37. The molecular formula is C21H17ClF3N3O. The van der Waals surface area contributed by atoms with Crippen LogP contribution in [0, 0.1) is 0 Å². The second-order valence-corrected chi connectivity index (χ2v) is 7.05. The molecule has 2 aromatic carbocycles. The fourth-order valence-corrected chi connectivity index (χ4v) is 2.94. The molecule has 0 aliphatic rings. The maximum Gasteiger partial charge on any atom is 0.416 e. The molecule has 0 spiro atoms. The van der Waals surface area contributed by atoms with E-state index in [9.17, 15) is 18.0 Å². The maximum absolute atomic E-state index is 13.1. The Bertz CT molecular complexity index is 1000. The van der Waals surface area contributed by atoms with Gasteiger partial charge in [-0.3, -0.25) is 9.78 Å². The quantitative estimate of drug-likeness (QED) is 0.531. The summed E-state index contributed by atoms with van der Waals surface area (Å²) >= 11 is 5.92. The van der Waals surface area contributed by atoms with Crippen LogP contribution in [-0.4, -0.2) is 21.9 Å². The standard InChI is InChI=1S/C21H17ClF3N3O/c1-13(2)28(17-9-7-16(22)8-10-17)20(29)19-12-26-11-18(27-19)14-3-5-15(6-4-14)21(23,24)25/h3-13H,1-2H3. The summed E-state index contributed by atoms with van der Waals surface area (Å²) in [5.74, 6) is -0.372. The average Bonchev–Trinajstić information content (AvgIpc) is 2.69. The first-order valence-electron chi connectivity index (χ1n) is 8.75. The molecule has 29 heavy (non-hydrogen) atoms. The molecule has 0 aliphatic heterocycles. The first-order chi connectivity index (χ1) is 13.7. The molecule has 0 fully saturated rings. The molecule has 8 heteroatoms. The Morgan fingerprint density at radius 2 is 1.62 bits per heavy atom. The molecule has 0 N–H and O–H groups in total. The Morgan fingerprint density at radius 3 is 2.17 bits per heavy atom. The topological polar surface area (TPSA) is 46.1 Å². The van der Waals surface area contributed by atoms with Gasteiger partial charge in [-0.15, -0.1) is 0 Å². The number of hydrogen-bond acceptors (Lipinski definition) is 3. The van der Waals surface area contributed by atoms with Crippen LogP contribution in [0.15, 0.2) is 60.9 Å². The number of aromatic nitrogens is 2. The van der Waals surface area contributed by atoms with Gasteiger partial charge in [0, 0.05) is 22.3 Å². The van der Waals surface area contributed by atoms with Crippen molar-refractivity contribution >= 4 is 23.2 Å². The first kappa shape index (κ1) is 20.8. The van der Waals surface area contributed by atoms with Crippen LogP contribution in [0.3, 0.4) is 0 Å². The van der Waals surface area contributed by atoms with Crippen LogP contribution in [0.5, 0.6) is 0 Å². The van der Waals surface area contributed by atoms with Crippen molar-refractivity contribution in [2.75, 3.05) is 4.90 Å². The van der Waals surface area contributed by atoms with Crippen LogP contribution in [0.1, 0.15) is 29.9 Å². The molecule has 1 amide bonds. The third-order valence-electron chi connectivity index (χ3n) is 4.20. The van der Waals surface area contributed by atoms with Crippen LogP contribution >= 0.6 is 11.6 Å². The fourth-order valence-electron chi connectivity index (χ4n) is 2.81. The van der Waals surface area contributed by atoms with Crippen molar-refractivity contribution < 1.29 is 18.0 Å². The second kappa shape index (κ2) is 8.21. The highest BCUT2D eigenvalue weighted by molar-refractivity contribution is 6.30. The van der Waals surface area contributed by atoms with Crippen molar-refractivity contribution in [3.63, 3.8) is 0 Å². The summed E-state index contributed by atoms with van der Waals surface area (Å²) in [6, 6.07) is 11.2. The van der Waals surface area contributed by atoms with Crippen LogP contribution in [-0.2, 0) is 6.18 Å². The number of amides is 1. The highest BCUT2D eigenvalue weighted by atomic mass is 35.5. The summed E-state index contributed by atoms with van der Waals surface area (Å²) in [4.78, 5) is 23.0. The molecular weight excluding hydrogens is 403 g/mol. The molecule has 4 nitrogen and oxygen atoms in total. The van der Waals surface area contributed by atoms with Crippen molar-refractivity contribution in [2.45, 2.75) is 26.1 Å². The third-order valence-corrected chi connectivity index (χ3v) is 4.45. The van der Waals surface area contributed by atoms with E-state index in [2.05, 4.69) is 9.97 Å². The molecule has 1 aromatic heterocycles. The van der Waals surface area contributed by atoms with Crippen molar-refractivity contribution in [3.05, 3.63) is 77.2 Å². The van der Waals surface area contributed by atoms with E-state index < -0.39 is 11.7 Å². The minimum atomic E-state index is -4.42. The molecule has 3 aromatic rings. The van der Waals surface area contributed by atoms with Gasteiger partial charge in [0.1, 0.15) is 5.69 Å². The van der Waals surface area contributed by atoms with E-state index in [4.69, 9.17) is 11.6 Å². The largest absolute Gasteiger partial charge is 0.416 e. The molecule has 150 valence electrons. The molecule has 0 saturated heterocycles. The Morgan fingerprint density at radius 1 is 1.00 bits per heavy atom. The Hall–Kier alpha value is -2.93. The van der Waals surface area contributed by atoms with Gasteiger partial charge in [-0.2, -0.15) is 13.2 Å². The van der Waals surface area contributed by atoms with Crippen molar-refractivity contribution in [2.24, 2.45) is 0 Å². The molecule has 0 unspecified atom stereocenters. The zero-order chi connectivity index (χ0) is 21.2. The zero-order valence-corrected chi connectivity index (χ0v) is 16.4. The fraction of sp³-hybridized carbons (Fsp3) is 0.190. The van der Waals surface area contributed by atoms with Crippen molar-refractivity contribution in [1.82, 2.24) is 9.97 Å². The van der Waals surface area contributed by atoms with E-state index in [0.717, 1.165) is 12.1 Å². The Labute approximate surface area is 171 Å². The van der Waals surface area contributed by atoms with Gasteiger partial charge in [-0.25, -0.2) is 4.98 Å². The van der Waals surface area contributed by atoms with E-state index >= 15 is 0 Å². The number of hydrogen-bond donors (Lipinski definition) is 0. The number of rotatable bonds is 4. The van der Waals surface area contributed by atoms with Gasteiger partial charge in [-0.05, 0) is 50.2 Å². The van der Waals surface area contributed by atoms with Crippen LogP contribution in [0.25, 0.3) is 11.3 Å². The number of anilines is 1. The number of alkyl halides is 3. The predicted molar refractivity (Wildman–Crippen MR) is 106 cm³/mol. The third kappa shape index (κ3) is 4.74. The van der Waals surface area contributed by atoms with Gasteiger partial charge in [0.25, 0.3) is 5.91 Å². The van der Waals surface area contributed by atoms with Gasteiger partial charge in [0.05, 0.1) is 23.7 Å². The summed E-state index contributed by atoms with van der Waals surface area (Å²) < 4.78 is 38.3.